The maximum absolute atomic E-state index is 5.65. The van der Waals surface area contributed by atoms with Gasteiger partial charge in [-0.2, -0.15) is 11.3 Å². The van der Waals surface area contributed by atoms with E-state index in [9.17, 15) is 0 Å². The van der Waals surface area contributed by atoms with Crippen molar-refractivity contribution in [3.8, 4) is 0 Å². The van der Waals surface area contributed by atoms with Gasteiger partial charge in [-0.05, 0) is 47.2 Å². The van der Waals surface area contributed by atoms with Crippen LogP contribution in [0.4, 0.5) is 0 Å². The Balaban J connectivity index is 2.01. The third-order valence-electron chi connectivity index (χ3n) is 3.56. The second-order valence-electron chi connectivity index (χ2n) is 5.16. The van der Waals surface area contributed by atoms with Crippen LogP contribution in [-0.4, -0.2) is 23.8 Å². The van der Waals surface area contributed by atoms with E-state index in [4.69, 9.17) is 10.7 Å². The summed E-state index contributed by atoms with van der Waals surface area (Å²) in [5.74, 6) is 0. The minimum absolute atomic E-state index is 0.553. The topological polar surface area (TPSA) is 51.3 Å². The van der Waals surface area contributed by atoms with E-state index in [2.05, 4.69) is 46.1 Å². The van der Waals surface area contributed by atoms with E-state index >= 15 is 0 Å². The minimum atomic E-state index is 0.553. The third kappa shape index (κ3) is 3.92. The second-order valence-corrected chi connectivity index (χ2v) is 5.94. The van der Waals surface area contributed by atoms with Gasteiger partial charge in [0.05, 0.1) is 12.3 Å². The van der Waals surface area contributed by atoms with Gasteiger partial charge in [-0.25, -0.2) is 0 Å². The summed E-state index contributed by atoms with van der Waals surface area (Å²) >= 11 is 1.68. The first-order valence-corrected chi connectivity index (χ1v) is 8.59. The molecule has 4 heteroatoms. The van der Waals surface area contributed by atoms with E-state index < -0.39 is 0 Å². The molecule has 0 spiro atoms. The second kappa shape index (κ2) is 7.81. The summed E-state index contributed by atoms with van der Waals surface area (Å²) in [6.07, 6.45) is 13.3. The van der Waals surface area contributed by atoms with Crippen LogP contribution in [0.5, 0.6) is 0 Å². The van der Waals surface area contributed by atoms with Gasteiger partial charge in [0.25, 0.3) is 0 Å². The van der Waals surface area contributed by atoms with Crippen molar-refractivity contribution in [2.45, 2.75) is 6.42 Å². The molecule has 0 saturated carbocycles. The molecule has 0 bridgehead atoms. The summed E-state index contributed by atoms with van der Waals surface area (Å²) < 4.78 is 0. The predicted molar refractivity (Wildman–Crippen MR) is 98.8 cm³/mol. The lowest BCUT2D eigenvalue weighted by Gasteiger charge is -2.08. The van der Waals surface area contributed by atoms with E-state index in [1.165, 1.54) is 11.1 Å². The lowest BCUT2D eigenvalue weighted by molar-refractivity contribution is 0.976. The number of nitrogens with two attached hydrogens (primary N) is 1. The van der Waals surface area contributed by atoms with Gasteiger partial charge in [0, 0.05) is 35.5 Å². The molecule has 2 heterocycles. The summed E-state index contributed by atoms with van der Waals surface area (Å²) in [5.41, 5.74) is 11.3. The average molecular weight is 321 g/mol. The lowest BCUT2D eigenvalue weighted by atomic mass is 9.99. The monoisotopic (exact) mass is 321 g/mol. The molecule has 0 aromatic carbocycles. The van der Waals surface area contributed by atoms with Crippen LogP contribution in [-0.2, 0) is 0 Å². The highest BCUT2D eigenvalue weighted by molar-refractivity contribution is 7.08. The summed E-state index contributed by atoms with van der Waals surface area (Å²) in [6, 6.07) is 6.18. The minimum Gasteiger partial charge on any atom is -0.329 e. The largest absolute Gasteiger partial charge is 0.329 e. The Morgan fingerprint density at radius 2 is 2.13 bits per heavy atom. The van der Waals surface area contributed by atoms with Crippen LogP contribution >= 0.6 is 11.3 Å². The highest BCUT2D eigenvalue weighted by atomic mass is 32.1. The van der Waals surface area contributed by atoms with Gasteiger partial charge in [-0.1, -0.05) is 18.2 Å². The molecule has 2 N–H and O–H groups in total. The number of aliphatic imine (C=N–C) groups is 1. The van der Waals surface area contributed by atoms with Crippen molar-refractivity contribution in [3.63, 3.8) is 0 Å². The van der Waals surface area contributed by atoms with Gasteiger partial charge in [-0.3, -0.25) is 9.98 Å². The zero-order chi connectivity index (χ0) is 15.9. The van der Waals surface area contributed by atoms with Crippen LogP contribution < -0.4 is 5.73 Å². The molecule has 3 rings (SSSR count). The number of allylic oxidation sites excluding steroid dienone is 6. The number of aromatic nitrogens is 1. The van der Waals surface area contributed by atoms with Gasteiger partial charge in [0.2, 0.25) is 0 Å². The molecule has 0 radical (unpaired) electrons. The van der Waals surface area contributed by atoms with Crippen LogP contribution in [0.15, 0.2) is 76.2 Å². The molecule has 0 aliphatic heterocycles. The van der Waals surface area contributed by atoms with Gasteiger partial charge >= 0.3 is 0 Å². The van der Waals surface area contributed by atoms with Crippen molar-refractivity contribution in [1.82, 2.24) is 4.98 Å². The zero-order valence-electron chi connectivity index (χ0n) is 12.9. The van der Waals surface area contributed by atoms with Crippen molar-refractivity contribution in [1.29, 1.82) is 0 Å². The number of rotatable bonds is 5. The van der Waals surface area contributed by atoms with Gasteiger partial charge in [-0.15, -0.1) is 0 Å². The fourth-order valence-electron chi connectivity index (χ4n) is 2.48. The van der Waals surface area contributed by atoms with Gasteiger partial charge in [0.15, 0.2) is 0 Å². The normalized spacial score (nSPS) is 15.1. The number of hydrogen-bond acceptors (Lipinski definition) is 4. The summed E-state index contributed by atoms with van der Waals surface area (Å²) in [4.78, 5) is 8.82. The number of thiophene rings is 1. The van der Waals surface area contributed by atoms with Crippen LogP contribution in [0, 0.1) is 0 Å². The summed E-state index contributed by atoms with van der Waals surface area (Å²) in [7, 11) is 0. The molecule has 1 aliphatic carbocycles. The van der Waals surface area contributed by atoms with Crippen molar-refractivity contribution < 1.29 is 0 Å². The Hall–Kier alpha value is -2.30. The molecule has 0 fully saturated rings. The van der Waals surface area contributed by atoms with E-state index in [-0.39, 0.29) is 0 Å². The maximum atomic E-state index is 5.65. The summed E-state index contributed by atoms with van der Waals surface area (Å²) in [6.45, 7) is 1.18. The van der Waals surface area contributed by atoms with Crippen LogP contribution in [0.3, 0.4) is 0 Å². The zero-order valence-corrected chi connectivity index (χ0v) is 13.7. The van der Waals surface area contributed by atoms with E-state index in [1.807, 2.05) is 24.5 Å². The average Bonchev–Trinajstić information content (AvgIpc) is 3.01. The van der Waals surface area contributed by atoms with E-state index in [0.717, 1.165) is 23.3 Å². The molecule has 23 heavy (non-hydrogen) atoms. The third-order valence-corrected chi connectivity index (χ3v) is 4.25. The van der Waals surface area contributed by atoms with Crippen LogP contribution in [0.25, 0.3) is 5.57 Å². The first-order chi connectivity index (χ1) is 11.4. The first kappa shape index (κ1) is 15.6. The highest BCUT2D eigenvalue weighted by Gasteiger charge is 2.11. The molecule has 2 aromatic rings. The quantitative estimate of drug-likeness (QED) is 0.850. The number of nitrogens with zero attached hydrogens (tertiary/aromatic N) is 2. The Kier molecular flexibility index (Phi) is 5.29. The number of hydrogen-bond donors (Lipinski definition) is 1. The fraction of sp³-hybridized carbons (Fsp3) is 0.158. The van der Waals surface area contributed by atoms with E-state index in [0.29, 0.717) is 13.1 Å². The lowest BCUT2D eigenvalue weighted by Crippen LogP contribution is -2.09. The first-order valence-electron chi connectivity index (χ1n) is 7.65. The molecule has 3 nitrogen and oxygen atoms in total. The fourth-order valence-corrected chi connectivity index (χ4v) is 3.12. The van der Waals surface area contributed by atoms with Gasteiger partial charge in [0.1, 0.15) is 0 Å². The molecule has 0 atom stereocenters. The smallest absolute Gasteiger partial charge is 0.0727 e. The molecular weight excluding hydrogens is 302 g/mol. The predicted octanol–water partition coefficient (Wildman–Crippen LogP) is 3.86. The summed E-state index contributed by atoms with van der Waals surface area (Å²) in [5, 5.41) is 4.21. The Morgan fingerprint density at radius 3 is 2.87 bits per heavy atom. The molecule has 0 saturated heterocycles. The standard InChI is InChI=1S/C19H19N3S/c20-8-11-22-19(18-7-12-23-14-18)17-4-2-1-3-16(13-17)15-5-9-21-10-6-15/h2-7,9-10,12-14H,1,8,11,20H2. The SMILES string of the molecule is NCCN=C(C1=CC(c2ccncc2)=CCC=C1)c1ccsc1. The number of pyridine rings is 1. The van der Waals surface area contributed by atoms with Crippen LogP contribution in [0.1, 0.15) is 17.5 Å². The van der Waals surface area contributed by atoms with Crippen molar-refractivity contribution in [3.05, 3.63) is 82.4 Å². The van der Waals surface area contributed by atoms with Crippen molar-refractivity contribution in [2.75, 3.05) is 13.1 Å². The molecule has 116 valence electrons. The van der Waals surface area contributed by atoms with E-state index in [1.54, 1.807) is 11.3 Å². The maximum Gasteiger partial charge on any atom is 0.0727 e. The van der Waals surface area contributed by atoms with Crippen LogP contribution in [0.2, 0.25) is 0 Å². The Bertz CT molecular complexity index is 753. The molecular formula is C19H19N3S. The Labute approximate surface area is 140 Å². The van der Waals surface area contributed by atoms with Crippen molar-refractivity contribution >= 4 is 22.6 Å². The highest BCUT2D eigenvalue weighted by Crippen LogP contribution is 2.24. The molecule has 1 aliphatic rings. The Morgan fingerprint density at radius 1 is 1.26 bits per heavy atom. The molecule has 0 unspecified atom stereocenters. The molecule has 0 amide bonds. The van der Waals surface area contributed by atoms with Crippen molar-refractivity contribution in [2.24, 2.45) is 10.7 Å². The molecule has 2 aromatic heterocycles. The van der Waals surface area contributed by atoms with Gasteiger partial charge < -0.3 is 5.73 Å².